The molecule has 0 unspecified atom stereocenters. The van der Waals surface area contributed by atoms with Crippen molar-refractivity contribution in [3.63, 3.8) is 0 Å². The van der Waals surface area contributed by atoms with Gasteiger partial charge in [-0.05, 0) is 106 Å². The molecule has 0 aliphatic heterocycles. The zero-order chi connectivity index (χ0) is 31.7. The number of aryl methyl sites for hydroxylation is 3. The van der Waals surface area contributed by atoms with E-state index in [0.29, 0.717) is 28.6 Å². The third-order valence-electron chi connectivity index (χ3n) is 6.24. The molecule has 8 heteroatoms. The minimum absolute atomic E-state index is 0.250. The highest BCUT2D eigenvalue weighted by Gasteiger charge is 2.11. The molecule has 7 nitrogen and oxygen atoms in total. The maximum Gasteiger partial charge on any atom is 0.204 e. The zero-order valence-electron chi connectivity index (χ0n) is 25.9. The maximum absolute atomic E-state index is 9.90. The number of amides is 1. The average Bonchev–Trinajstić information content (AvgIpc) is 2.96. The van der Waals surface area contributed by atoms with Gasteiger partial charge in [-0.15, -0.1) is 0 Å². The average molecular weight is 590 g/mol. The van der Waals surface area contributed by atoms with Crippen LogP contribution in [0.15, 0.2) is 60.3 Å². The highest BCUT2D eigenvalue weighted by atomic mass is 35.5. The van der Waals surface area contributed by atoms with Gasteiger partial charge in [-0.25, -0.2) is 0 Å². The molecule has 2 aromatic carbocycles. The normalized spacial score (nSPS) is 11.3. The molecule has 0 radical (unpaired) electrons. The number of nitrogens with zero attached hydrogens (tertiary/aromatic N) is 3. The van der Waals surface area contributed by atoms with E-state index in [2.05, 4.69) is 66.7 Å². The number of nitrogens with two attached hydrogens (primary N) is 1. The number of aromatic nitrogens is 1. The van der Waals surface area contributed by atoms with Gasteiger partial charge in [-0.1, -0.05) is 50.2 Å². The fourth-order valence-corrected chi connectivity index (χ4v) is 4.34. The summed E-state index contributed by atoms with van der Waals surface area (Å²) in [7, 11) is 4.17. The van der Waals surface area contributed by atoms with Crippen molar-refractivity contribution < 1.29 is 9.53 Å². The van der Waals surface area contributed by atoms with Gasteiger partial charge in [0.2, 0.25) is 6.41 Å². The van der Waals surface area contributed by atoms with Crippen LogP contribution in [0, 0.1) is 25.2 Å². The summed E-state index contributed by atoms with van der Waals surface area (Å²) < 4.78 is 5.93. The van der Waals surface area contributed by atoms with E-state index < -0.39 is 0 Å². The van der Waals surface area contributed by atoms with E-state index in [1.165, 1.54) is 11.1 Å². The second kappa shape index (κ2) is 19.1. The van der Waals surface area contributed by atoms with Crippen molar-refractivity contribution in [2.24, 2.45) is 5.73 Å². The number of hydrogen-bond acceptors (Lipinski definition) is 6. The molecule has 0 spiro atoms. The van der Waals surface area contributed by atoms with E-state index in [0.717, 1.165) is 46.8 Å². The summed E-state index contributed by atoms with van der Waals surface area (Å²) in [5.74, 6) is 0.571. The lowest BCUT2D eigenvalue weighted by Crippen LogP contribution is -2.30. The molecule has 3 aromatic rings. The van der Waals surface area contributed by atoms with Crippen molar-refractivity contribution in [2.75, 3.05) is 26.0 Å². The second-order valence-corrected chi connectivity index (χ2v) is 9.90. The van der Waals surface area contributed by atoms with Crippen molar-refractivity contribution >= 4 is 36.0 Å². The van der Waals surface area contributed by atoms with Crippen LogP contribution in [0.3, 0.4) is 0 Å². The Hall–Kier alpha value is -4.12. The van der Waals surface area contributed by atoms with Gasteiger partial charge in [0, 0.05) is 17.1 Å². The first-order chi connectivity index (χ1) is 20.1. The Balaban J connectivity index is 0.00000165. The smallest absolute Gasteiger partial charge is 0.204 e. The predicted octanol–water partition coefficient (Wildman–Crippen LogP) is 5.65. The van der Waals surface area contributed by atoms with Crippen LogP contribution in [0.4, 0.5) is 5.69 Å². The first kappa shape index (κ1) is 35.9. The first-order valence-electron chi connectivity index (χ1n) is 13.9. The predicted molar refractivity (Wildman–Crippen MR) is 176 cm³/mol. The van der Waals surface area contributed by atoms with Crippen LogP contribution in [0.25, 0.3) is 12.3 Å². The van der Waals surface area contributed by atoms with Gasteiger partial charge in [0.25, 0.3) is 0 Å². The lowest BCUT2D eigenvalue weighted by atomic mass is 9.99. The number of rotatable bonds is 10. The number of primary amides is 1. The van der Waals surface area contributed by atoms with Gasteiger partial charge in [0.1, 0.15) is 18.4 Å². The molecule has 1 heterocycles. The summed E-state index contributed by atoms with van der Waals surface area (Å²) in [4.78, 5) is 15.1. The number of allylic oxidation sites excluding steroid dienone is 1. The number of anilines is 1. The number of hydrogen-bond donors (Lipinski definition) is 2. The van der Waals surface area contributed by atoms with E-state index in [-0.39, 0.29) is 6.41 Å². The Bertz CT molecular complexity index is 1490. The van der Waals surface area contributed by atoms with Gasteiger partial charge in [-0.2, -0.15) is 5.26 Å². The van der Waals surface area contributed by atoms with Crippen molar-refractivity contribution in [2.45, 2.75) is 54.1 Å². The molecule has 1 aromatic heterocycles. The van der Waals surface area contributed by atoms with Crippen LogP contribution in [0.2, 0.25) is 5.02 Å². The van der Waals surface area contributed by atoms with Crippen molar-refractivity contribution in [1.29, 1.82) is 5.26 Å². The molecule has 0 atom stereocenters. The maximum atomic E-state index is 9.90. The molecule has 1 amide bonds. The van der Waals surface area contributed by atoms with Gasteiger partial charge < -0.3 is 20.7 Å². The number of carbonyl (C=O) groups excluding carboxylic acids is 1. The lowest BCUT2D eigenvalue weighted by Gasteiger charge is -2.15. The molecule has 3 rings (SSSR count). The molecular weight excluding hydrogens is 546 g/mol. The van der Waals surface area contributed by atoms with E-state index in [1.807, 2.05) is 64.1 Å². The van der Waals surface area contributed by atoms with Crippen molar-refractivity contribution in [3.8, 4) is 11.8 Å². The molecule has 0 aliphatic carbocycles. The number of halogens is 1. The van der Waals surface area contributed by atoms with Crippen LogP contribution in [-0.2, 0) is 17.8 Å². The lowest BCUT2D eigenvalue weighted by molar-refractivity contribution is -0.106. The molecule has 0 aliphatic rings. The molecule has 224 valence electrons. The van der Waals surface area contributed by atoms with Gasteiger partial charge in [0.15, 0.2) is 0 Å². The fraction of sp³-hybridized carbons (Fsp3) is 0.324. The van der Waals surface area contributed by atoms with Gasteiger partial charge >= 0.3 is 0 Å². The van der Waals surface area contributed by atoms with Crippen molar-refractivity contribution in [1.82, 2.24) is 9.88 Å². The standard InChI is InChI=1S/C31H35ClN4O.C2H6.CH3NO/c1-7-24(19-33)31(27-17-25(11-9-15-36(5)6)22(3)16-23(27)4)35-26-12-13-30(28(32)18-26)37-20-29-21(2)10-8-14-34-29;1-2;2-1-3/h7-8,10,12-14,16-18,35H,4,9,11,15,20H2,1-3,5-6H3;1-2H3;1H,(H2,2,3)/b24-7-,31-27+;;. The Morgan fingerprint density at radius 3 is 2.45 bits per heavy atom. The van der Waals surface area contributed by atoms with Crippen LogP contribution < -0.4 is 26.2 Å². The Labute approximate surface area is 256 Å². The zero-order valence-corrected chi connectivity index (χ0v) is 26.7. The SMILES string of the molecule is C=c1cc(C)c(CCCN(C)C)c/c1=C(Nc1ccc(OCc2ncccc2C)c(Cl)c1)/C(C#N)=C\C.CC.NC=O. The summed E-state index contributed by atoms with van der Waals surface area (Å²) in [5, 5.41) is 15.6. The third-order valence-corrected chi connectivity index (χ3v) is 6.54. The monoisotopic (exact) mass is 589 g/mol. The molecule has 42 heavy (non-hydrogen) atoms. The number of carbonyl (C=O) groups is 1. The van der Waals surface area contributed by atoms with Gasteiger partial charge in [0.05, 0.1) is 22.0 Å². The number of nitriles is 1. The Morgan fingerprint density at radius 2 is 1.88 bits per heavy atom. The van der Waals surface area contributed by atoms with Crippen LogP contribution in [-0.4, -0.2) is 36.9 Å². The Kier molecular flexibility index (Phi) is 16.3. The molecule has 3 N–H and O–H groups in total. The highest BCUT2D eigenvalue weighted by Crippen LogP contribution is 2.29. The van der Waals surface area contributed by atoms with Crippen LogP contribution >= 0.6 is 11.6 Å². The largest absolute Gasteiger partial charge is 0.486 e. The number of pyridine rings is 1. The van der Waals surface area contributed by atoms with Crippen molar-refractivity contribution in [3.05, 3.63) is 98.2 Å². The molecule has 0 saturated heterocycles. The summed E-state index contributed by atoms with van der Waals surface area (Å²) in [6.07, 6.45) is 5.81. The molecular formula is C34H44ClN5O2. The number of ether oxygens (including phenoxy) is 1. The van der Waals surface area contributed by atoms with E-state index in [1.54, 1.807) is 6.20 Å². The van der Waals surface area contributed by atoms with E-state index in [9.17, 15) is 5.26 Å². The van der Waals surface area contributed by atoms with Crippen LogP contribution in [0.1, 0.15) is 49.6 Å². The van der Waals surface area contributed by atoms with Crippen LogP contribution in [0.5, 0.6) is 5.75 Å². The minimum Gasteiger partial charge on any atom is -0.486 e. The van der Waals surface area contributed by atoms with E-state index in [4.69, 9.17) is 21.1 Å². The second-order valence-electron chi connectivity index (χ2n) is 9.49. The highest BCUT2D eigenvalue weighted by molar-refractivity contribution is 6.32. The number of benzene rings is 2. The molecule has 0 saturated carbocycles. The van der Waals surface area contributed by atoms with E-state index >= 15 is 0 Å². The van der Waals surface area contributed by atoms with Gasteiger partial charge in [-0.3, -0.25) is 9.78 Å². The minimum atomic E-state index is 0.250. The molecule has 0 fully saturated rings. The fourth-order valence-electron chi connectivity index (χ4n) is 4.10. The topological polar surface area (TPSA) is 104 Å². The first-order valence-corrected chi connectivity index (χ1v) is 14.3. The quantitative estimate of drug-likeness (QED) is 0.234. The summed E-state index contributed by atoms with van der Waals surface area (Å²) in [6.45, 7) is 15.6. The summed E-state index contributed by atoms with van der Waals surface area (Å²) in [6, 6.07) is 16.0. The summed E-state index contributed by atoms with van der Waals surface area (Å²) >= 11 is 6.58. The molecule has 0 bridgehead atoms. The Morgan fingerprint density at radius 1 is 1.19 bits per heavy atom. The third kappa shape index (κ3) is 11.0. The number of nitrogens with one attached hydrogen (secondary N) is 1. The summed E-state index contributed by atoms with van der Waals surface area (Å²) in [5.41, 5.74) is 10.6.